The van der Waals surface area contributed by atoms with Crippen molar-refractivity contribution in [3.05, 3.63) is 69.3 Å². The molecule has 0 spiro atoms. The van der Waals surface area contributed by atoms with E-state index in [1.165, 1.54) is 0 Å². The zero-order valence-corrected chi connectivity index (χ0v) is 12.9. The van der Waals surface area contributed by atoms with Gasteiger partial charge in [0.1, 0.15) is 6.61 Å². The molecule has 1 aliphatic carbocycles. The molecule has 0 aliphatic heterocycles. The second-order valence-electron chi connectivity index (χ2n) is 5.02. The standard InChI is InChI=1S/C16H14BrNO3/c17-14-8-6-13-12(14)7-9-15(16(13)18(19)20)21-10-11-4-2-1-3-5-11/h1-5,7,9,14H,6,8,10H2. The Morgan fingerprint density at radius 3 is 2.71 bits per heavy atom. The molecule has 1 atom stereocenters. The van der Waals surface area contributed by atoms with Gasteiger partial charge in [0.05, 0.1) is 4.92 Å². The summed E-state index contributed by atoms with van der Waals surface area (Å²) in [5.74, 6) is 0.351. The summed E-state index contributed by atoms with van der Waals surface area (Å²) in [6.45, 7) is 0.332. The molecule has 0 aromatic heterocycles. The lowest BCUT2D eigenvalue weighted by molar-refractivity contribution is -0.386. The predicted molar refractivity (Wildman–Crippen MR) is 83.9 cm³/mol. The molecule has 0 fully saturated rings. The van der Waals surface area contributed by atoms with Crippen LogP contribution in [0.1, 0.15) is 27.9 Å². The van der Waals surface area contributed by atoms with Crippen LogP contribution in [0.25, 0.3) is 0 Å². The van der Waals surface area contributed by atoms with Gasteiger partial charge in [-0.3, -0.25) is 10.1 Å². The highest BCUT2D eigenvalue weighted by Gasteiger charge is 2.31. The van der Waals surface area contributed by atoms with Gasteiger partial charge in [0.2, 0.25) is 0 Å². The number of hydrogen-bond acceptors (Lipinski definition) is 3. The van der Waals surface area contributed by atoms with Crippen LogP contribution >= 0.6 is 15.9 Å². The lowest BCUT2D eigenvalue weighted by Crippen LogP contribution is -2.02. The van der Waals surface area contributed by atoms with Gasteiger partial charge in [-0.25, -0.2) is 0 Å². The second kappa shape index (κ2) is 5.85. The summed E-state index contributed by atoms with van der Waals surface area (Å²) in [5, 5.41) is 11.4. The average Bonchev–Trinajstić information content (AvgIpc) is 2.87. The Labute approximate surface area is 131 Å². The molecule has 2 aromatic rings. The van der Waals surface area contributed by atoms with Gasteiger partial charge in [-0.2, -0.15) is 0 Å². The lowest BCUT2D eigenvalue weighted by atomic mass is 10.1. The third-order valence-corrected chi connectivity index (χ3v) is 4.64. The van der Waals surface area contributed by atoms with Gasteiger partial charge in [0.15, 0.2) is 5.75 Å². The van der Waals surface area contributed by atoms with Gasteiger partial charge < -0.3 is 4.74 Å². The molecule has 0 amide bonds. The number of nitro groups is 1. The van der Waals surface area contributed by atoms with Crippen molar-refractivity contribution < 1.29 is 9.66 Å². The van der Waals surface area contributed by atoms with Crippen molar-refractivity contribution in [2.24, 2.45) is 0 Å². The first kappa shape index (κ1) is 14.1. The van der Waals surface area contributed by atoms with E-state index in [2.05, 4.69) is 15.9 Å². The molecule has 0 saturated heterocycles. The van der Waals surface area contributed by atoms with Crippen molar-refractivity contribution in [1.29, 1.82) is 0 Å². The summed E-state index contributed by atoms with van der Waals surface area (Å²) in [4.78, 5) is 11.3. The number of rotatable bonds is 4. The molecule has 0 heterocycles. The summed E-state index contributed by atoms with van der Waals surface area (Å²) in [7, 11) is 0. The van der Waals surface area contributed by atoms with Crippen molar-refractivity contribution in [2.75, 3.05) is 0 Å². The first-order valence-corrected chi connectivity index (χ1v) is 7.69. The largest absolute Gasteiger partial charge is 0.482 e. The fourth-order valence-electron chi connectivity index (χ4n) is 2.67. The highest BCUT2D eigenvalue weighted by molar-refractivity contribution is 9.09. The molecule has 0 radical (unpaired) electrons. The zero-order chi connectivity index (χ0) is 14.8. The summed E-state index contributed by atoms with van der Waals surface area (Å²) in [5.41, 5.74) is 2.91. The van der Waals surface area contributed by atoms with Gasteiger partial charge in [0, 0.05) is 10.4 Å². The quantitative estimate of drug-likeness (QED) is 0.463. The van der Waals surface area contributed by atoms with Gasteiger partial charge in [-0.05, 0) is 30.0 Å². The molecule has 0 saturated carbocycles. The number of alkyl halides is 1. The van der Waals surface area contributed by atoms with Crippen LogP contribution in [-0.2, 0) is 13.0 Å². The molecular weight excluding hydrogens is 334 g/mol. The van der Waals surface area contributed by atoms with Gasteiger partial charge >= 0.3 is 5.69 Å². The Hall–Kier alpha value is -1.88. The van der Waals surface area contributed by atoms with Crippen LogP contribution in [-0.4, -0.2) is 4.92 Å². The molecule has 0 bridgehead atoms. The molecule has 4 nitrogen and oxygen atoms in total. The first-order valence-electron chi connectivity index (χ1n) is 6.78. The van der Waals surface area contributed by atoms with E-state index < -0.39 is 0 Å². The van der Waals surface area contributed by atoms with Crippen molar-refractivity contribution in [3.8, 4) is 5.75 Å². The maximum Gasteiger partial charge on any atom is 0.314 e. The van der Waals surface area contributed by atoms with E-state index >= 15 is 0 Å². The van der Waals surface area contributed by atoms with Gasteiger partial charge in [0.25, 0.3) is 0 Å². The van der Waals surface area contributed by atoms with E-state index in [0.29, 0.717) is 18.8 Å². The number of benzene rings is 2. The topological polar surface area (TPSA) is 52.4 Å². The number of hydrogen-bond donors (Lipinski definition) is 0. The summed E-state index contributed by atoms with van der Waals surface area (Å²) >= 11 is 3.56. The van der Waals surface area contributed by atoms with E-state index in [4.69, 9.17) is 4.74 Å². The van der Waals surface area contributed by atoms with Crippen molar-refractivity contribution >= 4 is 21.6 Å². The number of fused-ring (bicyclic) bond motifs is 1. The molecule has 5 heteroatoms. The summed E-state index contributed by atoms with van der Waals surface area (Å²) in [6.07, 6.45) is 1.60. The third kappa shape index (κ3) is 2.78. The number of halogens is 1. The lowest BCUT2D eigenvalue weighted by Gasteiger charge is -2.10. The maximum absolute atomic E-state index is 11.4. The Balaban J connectivity index is 1.90. The van der Waals surface area contributed by atoms with Crippen LogP contribution in [0.5, 0.6) is 5.75 Å². The van der Waals surface area contributed by atoms with Crippen molar-refractivity contribution in [3.63, 3.8) is 0 Å². The van der Waals surface area contributed by atoms with Crippen LogP contribution in [0.2, 0.25) is 0 Å². The fourth-order valence-corrected chi connectivity index (χ4v) is 3.32. The molecule has 0 N–H and O–H groups in total. The molecule has 1 aliphatic rings. The van der Waals surface area contributed by atoms with Crippen molar-refractivity contribution in [2.45, 2.75) is 24.3 Å². The van der Waals surface area contributed by atoms with Gasteiger partial charge in [-0.1, -0.05) is 52.3 Å². The summed E-state index contributed by atoms with van der Waals surface area (Å²) in [6, 6.07) is 13.3. The van der Waals surface area contributed by atoms with E-state index in [1.54, 1.807) is 6.07 Å². The SMILES string of the molecule is O=[N+]([O-])c1c(OCc2ccccc2)ccc2c1CCC2Br. The molecule has 1 unspecified atom stereocenters. The number of nitrogens with zero attached hydrogens (tertiary/aromatic N) is 1. The molecule has 2 aromatic carbocycles. The smallest absolute Gasteiger partial charge is 0.314 e. The Kier molecular flexibility index (Phi) is 3.92. The van der Waals surface area contributed by atoms with E-state index in [1.807, 2.05) is 36.4 Å². The fraction of sp³-hybridized carbons (Fsp3) is 0.250. The molecular formula is C16H14BrNO3. The highest BCUT2D eigenvalue weighted by atomic mass is 79.9. The van der Waals surface area contributed by atoms with Crippen molar-refractivity contribution in [1.82, 2.24) is 0 Å². The number of ether oxygens (including phenoxy) is 1. The normalized spacial score (nSPS) is 16.5. The monoisotopic (exact) mass is 347 g/mol. The minimum absolute atomic E-state index is 0.116. The zero-order valence-electron chi connectivity index (χ0n) is 11.3. The second-order valence-corrected chi connectivity index (χ2v) is 6.12. The van der Waals surface area contributed by atoms with Crippen LogP contribution < -0.4 is 4.74 Å². The summed E-state index contributed by atoms with van der Waals surface area (Å²) < 4.78 is 5.69. The van der Waals surface area contributed by atoms with E-state index in [-0.39, 0.29) is 15.4 Å². The van der Waals surface area contributed by atoms with Crippen LogP contribution in [0, 0.1) is 10.1 Å². The first-order chi connectivity index (χ1) is 10.2. The Morgan fingerprint density at radius 2 is 2.00 bits per heavy atom. The highest BCUT2D eigenvalue weighted by Crippen LogP contribution is 2.45. The minimum atomic E-state index is -0.329. The van der Waals surface area contributed by atoms with Gasteiger partial charge in [-0.15, -0.1) is 0 Å². The molecule has 3 rings (SSSR count). The van der Waals surface area contributed by atoms with Crippen LogP contribution in [0.3, 0.4) is 0 Å². The maximum atomic E-state index is 11.4. The third-order valence-electron chi connectivity index (χ3n) is 3.69. The Morgan fingerprint density at radius 1 is 1.24 bits per heavy atom. The van der Waals surface area contributed by atoms with E-state index in [0.717, 1.165) is 23.1 Å². The predicted octanol–water partition coefficient (Wildman–Crippen LogP) is 4.56. The minimum Gasteiger partial charge on any atom is -0.482 e. The molecule has 108 valence electrons. The average molecular weight is 348 g/mol. The Bertz CT molecular complexity index is 673. The van der Waals surface area contributed by atoms with E-state index in [9.17, 15) is 10.1 Å². The number of nitro benzene ring substituents is 1. The molecule has 21 heavy (non-hydrogen) atoms. The van der Waals surface area contributed by atoms with Crippen LogP contribution in [0.4, 0.5) is 5.69 Å². The van der Waals surface area contributed by atoms with Crippen LogP contribution in [0.15, 0.2) is 42.5 Å².